The Balaban J connectivity index is 2.31. The van der Waals surface area contributed by atoms with Crippen LogP contribution in [0.25, 0.3) is 0 Å². The van der Waals surface area contributed by atoms with E-state index >= 15 is 0 Å². The van der Waals surface area contributed by atoms with E-state index in [1.54, 1.807) is 24.3 Å². The molecule has 5 nitrogen and oxygen atoms in total. The Hall–Kier alpha value is -1.39. The topological polar surface area (TPSA) is 72.6 Å². The summed E-state index contributed by atoms with van der Waals surface area (Å²) in [5, 5.41) is 0. The molecule has 2 rings (SSSR count). The van der Waals surface area contributed by atoms with Gasteiger partial charge in [0, 0.05) is 12.1 Å². The van der Waals surface area contributed by atoms with E-state index in [9.17, 15) is 8.42 Å². The molecular formula is C15H20N2O3S. The van der Waals surface area contributed by atoms with Crippen molar-refractivity contribution in [3.8, 4) is 11.8 Å². The zero-order valence-electron chi connectivity index (χ0n) is 12.3. The molecule has 2 N–H and O–H groups in total. The molecule has 1 aliphatic heterocycles. The van der Waals surface area contributed by atoms with Crippen molar-refractivity contribution in [3.63, 3.8) is 0 Å². The summed E-state index contributed by atoms with van der Waals surface area (Å²) in [6, 6.07) is 6.56. The molecule has 114 valence electrons. The van der Waals surface area contributed by atoms with Gasteiger partial charge in [-0.3, -0.25) is 0 Å². The first-order chi connectivity index (χ1) is 9.88. The standard InChI is InChI=1S/C15H20N2O3S/c1-15(2)12-20-11-10-17(15)21(18,19)14-7-5-13(6-8-14)4-3-9-16/h5-8H,9-12,16H2,1-2H3. The van der Waals surface area contributed by atoms with Gasteiger partial charge in [0.1, 0.15) is 0 Å². The zero-order valence-corrected chi connectivity index (χ0v) is 13.1. The summed E-state index contributed by atoms with van der Waals surface area (Å²) in [5.41, 5.74) is 5.52. The predicted molar refractivity (Wildman–Crippen MR) is 81.2 cm³/mol. The first-order valence-electron chi connectivity index (χ1n) is 6.77. The van der Waals surface area contributed by atoms with E-state index in [2.05, 4.69) is 11.8 Å². The highest BCUT2D eigenvalue weighted by atomic mass is 32.2. The number of ether oxygens (including phenoxy) is 1. The molecule has 1 heterocycles. The second kappa shape index (κ2) is 6.16. The van der Waals surface area contributed by atoms with Crippen molar-refractivity contribution in [2.75, 3.05) is 26.3 Å². The SMILES string of the molecule is CC1(C)COCCN1S(=O)(=O)c1ccc(C#CCN)cc1. The Morgan fingerprint density at radius 1 is 1.33 bits per heavy atom. The van der Waals surface area contributed by atoms with Crippen LogP contribution < -0.4 is 5.73 Å². The average molecular weight is 308 g/mol. The molecule has 21 heavy (non-hydrogen) atoms. The number of hydrogen-bond donors (Lipinski definition) is 1. The van der Waals surface area contributed by atoms with Crippen molar-refractivity contribution < 1.29 is 13.2 Å². The zero-order chi connectivity index (χ0) is 15.5. The second-order valence-electron chi connectivity index (χ2n) is 5.47. The normalized spacial score (nSPS) is 18.8. The molecule has 1 saturated heterocycles. The van der Waals surface area contributed by atoms with Gasteiger partial charge in [-0.15, -0.1) is 0 Å². The van der Waals surface area contributed by atoms with Crippen LogP contribution in [0.4, 0.5) is 0 Å². The van der Waals surface area contributed by atoms with E-state index in [1.807, 2.05) is 13.8 Å². The van der Waals surface area contributed by atoms with E-state index in [-0.39, 0.29) is 11.4 Å². The van der Waals surface area contributed by atoms with Crippen molar-refractivity contribution in [1.82, 2.24) is 4.31 Å². The summed E-state index contributed by atoms with van der Waals surface area (Å²) in [4.78, 5) is 0.274. The van der Waals surface area contributed by atoms with Crippen LogP contribution in [0.1, 0.15) is 19.4 Å². The minimum absolute atomic E-state index is 0.274. The lowest BCUT2D eigenvalue weighted by molar-refractivity contribution is -0.00770. The number of nitrogens with two attached hydrogens (primary N) is 1. The highest BCUT2D eigenvalue weighted by Crippen LogP contribution is 2.27. The molecule has 0 aliphatic carbocycles. The Morgan fingerprint density at radius 3 is 2.57 bits per heavy atom. The van der Waals surface area contributed by atoms with E-state index in [1.165, 1.54) is 4.31 Å². The Bertz CT molecular complexity index is 654. The van der Waals surface area contributed by atoms with Gasteiger partial charge in [-0.25, -0.2) is 8.42 Å². The number of rotatable bonds is 2. The lowest BCUT2D eigenvalue weighted by Gasteiger charge is -2.40. The van der Waals surface area contributed by atoms with Gasteiger partial charge in [0.15, 0.2) is 0 Å². The maximum atomic E-state index is 12.7. The van der Waals surface area contributed by atoms with Crippen LogP contribution in [0.5, 0.6) is 0 Å². The Morgan fingerprint density at radius 2 is 2.00 bits per heavy atom. The molecule has 0 saturated carbocycles. The van der Waals surface area contributed by atoms with Gasteiger partial charge < -0.3 is 10.5 Å². The van der Waals surface area contributed by atoms with Crippen LogP contribution in [0.3, 0.4) is 0 Å². The van der Waals surface area contributed by atoms with Crippen LogP contribution in [-0.2, 0) is 14.8 Å². The lowest BCUT2D eigenvalue weighted by atomic mass is 10.1. The van der Waals surface area contributed by atoms with E-state index in [0.717, 1.165) is 5.56 Å². The fourth-order valence-corrected chi connectivity index (χ4v) is 4.03. The molecule has 0 amide bonds. The lowest BCUT2D eigenvalue weighted by Crippen LogP contribution is -2.55. The summed E-state index contributed by atoms with van der Waals surface area (Å²) in [6.45, 7) is 5.19. The van der Waals surface area contributed by atoms with Gasteiger partial charge >= 0.3 is 0 Å². The maximum absolute atomic E-state index is 12.7. The molecule has 0 unspecified atom stereocenters. The molecular weight excluding hydrogens is 288 g/mol. The molecule has 1 aromatic rings. The highest BCUT2D eigenvalue weighted by molar-refractivity contribution is 7.89. The van der Waals surface area contributed by atoms with Gasteiger partial charge in [0.2, 0.25) is 10.0 Å². The van der Waals surface area contributed by atoms with Crippen LogP contribution in [0, 0.1) is 11.8 Å². The summed E-state index contributed by atoms with van der Waals surface area (Å²) in [5.74, 6) is 5.62. The van der Waals surface area contributed by atoms with Crippen molar-refractivity contribution in [2.24, 2.45) is 5.73 Å². The van der Waals surface area contributed by atoms with Crippen molar-refractivity contribution in [1.29, 1.82) is 0 Å². The molecule has 0 aromatic heterocycles. The smallest absolute Gasteiger partial charge is 0.243 e. The minimum Gasteiger partial charge on any atom is -0.378 e. The third kappa shape index (κ3) is 3.44. The van der Waals surface area contributed by atoms with Gasteiger partial charge in [0.05, 0.1) is 30.2 Å². The molecule has 1 fully saturated rings. The summed E-state index contributed by atoms with van der Waals surface area (Å²) < 4.78 is 32.4. The van der Waals surface area contributed by atoms with Crippen molar-refractivity contribution in [3.05, 3.63) is 29.8 Å². The first kappa shape index (κ1) is 16.0. The summed E-state index contributed by atoms with van der Waals surface area (Å²) in [7, 11) is -3.53. The minimum atomic E-state index is -3.53. The summed E-state index contributed by atoms with van der Waals surface area (Å²) >= 11 is 0. The summed E-state index contributed by atoms with van der Waals surface area (Å²) in [6.07, 6.45) is 0. The fourth-order valence-electron chi connectivity index (χ4n) is 2.28. The molecule has 0 atom stereocenters. The van der Waals surface area contributed by atoms with E-state index in [4.69, 9.17) is 10.5 Å². The number of nitrogens with zero attached hydrogens (tertiary/aromatic N) is 1. The average Bonchev–Trinajstić information content (AvgIpc) is 2.44. The number of sulfonamides is 1. The number of hydrogen-bond acceptors (Lipinski definition) is 4. The largest absolute Gasteiger partial charge is 0.378 e. The predicted octanol–water partition coefficient (Wildman–Crippen LogP) is 0.796. The molecule has 0 bridgehead atoms. The van der Waals surface area contributed by atoms with E-state index < -0.39 is 15.6 Å². The maximum Gasteiger partial charge on any atom is 0.243 e. The number of morpholine rings is 1. The van der Waals surface area contributed by atoms with Crippen molar-refractivity contribution in [2.45, 2.75) is 24.3 Å². The fraction of sp³-hybridized carbons (Fsp3) is 0.467. The first-order valence-corrected chi connectivity index (χ1v) is 8.21. The molecule has 1 aromatic carbocycles. The van der Waals surface area contributed by atoms with Gasteiger partial charge in [-0.1, -0.05) is 11.8 Å². The van der Waals surface area contributed by atoms with Crippen molar-refractivity contribution >= 4 is 10.0 Å². The van der Waals surface area contributed by atoms with Gasteiger partial charge in [-0.2, -0.15) is 4.31 Å². The second-order valence-corrected chi connectivity index (χ2v) is 7.33. The number of benzene rings is 1. The van der Waals surface area contributed by atoms with Crippen LogP contribution in [0.15, 0.2) is 29.2 Å². The van der Waals surface area contributed by atoms with Gasteiger partial charge in [0.25, 0.3) is 0 Å². The molecule has 6 heteroatoms. The van der Waals surface area contributed by atoms with Gasteiger partial charge in [-0.05, 0) is 38.1 Å². The highest BCUT2D eigenvalue weighted by Gasteiger charge is 2.39. The molecule has 0 spiro atoms. The molecule has 1 aliphatic rings. The Labute approximate surface area is 126 Å². The van der Waals surface area contributed by atoms with Crippen LogP contribution in [0.2, 0.25) is 0 Å². The third-order valence-corrected chi connectivity index (χ3v) is 5.47. The third-order valence-electron chi connectivity index (χ3n) is 3.35. The van der Waals surface area contributed by atoms with Crippen LogP contribution >= 0.6 is 0 Å². The quantitative estimate of drug-likeness (QED) is 0.820. The Kier molecular flexibility index (Phi) is 4.69. The monoisotopic (exact) mass is 308 g/mol. The van der Waals surface area contributed by atoms with E-state index in [0.29, 0.717) is 19.8 Å². The van der Waals surface area contributed by atoms with Crippen LogP contribution in [-0.4, -0.2) is 44.6 Å². The molecule has 0 radical (unpaired) electrons.